The Morgan fingerprint density at radius 1 is 1.07 bits per heavy atom. The number of benzene rings is 2. The standard InChI is InChI=1S/C21H23N3O3/c1-14(25)18-4-2-3-5-19(18)23-20(26)13-24(17-10-11-17)12-15-6-8-16(9-7-15)21(22)27/h2-9,17H,10-13H2,1H3,(H2,22,27)(H,23,26). The van der Waals surface area contributed by atoms with Gasteiger partial charge in [-0.25, -0.2) is 0 Å². The Morgan fingerprint density at radius 3 is 2.33 bits per heavy atom. The fraction of sp³-hybridized carbons (Fsp3) is 0.286. The summed E-state index contributed by atoms with van der Waals surface area (Å²) in [5.41, 5.74) is 7.80. The number of carbonyl (C=O) groups is 3. The molecule has 0 unspecified atom stereocenters. The second-order valence-electron chi connectivity index (χ2n) is 6.85. The Balaban J connectivity index is 1.65. The predicted molar refractivity (Wildman–Crippen MR) is 103 cm³/mol. The third kappa shape index (κ3) is 5.01. The van der Waals surface area contributed by atoms with Crippen molar-refractivity contribution in [1.82, 2.24) is 4.90 Å². The number of nitrogens with zero attached hydrogens (tertiary/aromatic N) is 1. The Labute approximate surface area is 158 Å². The number of para-hydroxylation sites is 1. The molecule has 0 spiro atoms. The van der Waals surface area contributed by atoms with Crippen LogP contribution in [0.4, 0.5) is 5.69 Å². The predicted octanol–water partition coefficient (Wildman–Crippen LogP) is 2.59. The van der Waals surface area contributed by atoms with Crippen LogP contribution in [0, 0.1) is 0 Å². The van der Waals surface area contributed by atoms with Crippen molar-refractivity contribution in [3.8, 4) is 0 Å². The third-order valence-electron chi connectivity index (χ3n) is 4.61. The molecule has 27 heavy (non-hydrogen) atoms. The first-order chi connectivity index (χ1) is 12.9. The maximum atomic E-state index is 12.5. The average Bonchev–Trinajstić information content (AvgIpc) is 3.47. The summed E-state index contributed by atoms with van der Waals surface area (Å²) < 4.78 is 0. The molecule has 0 heterocycles. The van der Waals surface area contributed by atoms with Crippen LogP contribution in [-0.2, 0) is 11.3 Å². The Hall–Kier alpha value is -2.99. The maximum absolute atomic E-state index is 12.5. The lowest BCUT2D eigenvalue weighted by Crippen LogP contribution is -2.34. The van der Waals surface area contributed by atoms with Gasteiger partial charge >= 0.3 is 0 Å². The molecule has 2 amide bonds. The van der Waals surface area contributed by atoms with Crippen LogP contribution in [0.5, 0.6) is 0 Å². The Bertz CT molecular complexity index is 857. The molecule has 1 aliphatic carbocycles. The van der Waals surface area contributed by atoms with Crippen molar-refractivity contribution in [2.45, 2.75) is 32.4 Å². The van der Waals surface area contributed by atoms with E-state index in [0.29, 0.717) is 29.4 Å². The molecule has 0 saturated heterocycles. The molecule has 0 radical (unpaired) electrons. The zero-order valence-corrected chi connectivity index (χ0v) is 15.3. The number of ketones is 1. The van der Waals surface area contributed by atoms with Crippen LogP contribution >= 0.6 is 0 Å². The summed E-state index contributed by atoms with van der Waals surface area (Å²) >= 11 is 0. The number of nitrogens with one attached hydrogen (secondary N) is 1. The lowest BCUT2D eigenvalue weighted by molar-refractivity contribution is -0.117. The van der Waals surface area contributed by atoms with Gasteiger partial charge in [-0.2, -0.15) is 0 Å². The average molecular weight is 365 g/mol. The Morgan fingerprint density at radius 2 is 1.74 bits per heavy atom. The van der Waals surface area contributed by atoms with Crippen molar-refractivity contribution < 1.29 is 14.4 Å². The summed E-state index contributed by atoms with van der Waals surface area (Å²) in [5.74, 6) is -0.687. The first-order valence-corrected chi connectivity index (χ1v) is 8.96. The van der Waals surface area contributed by atoms with Crippen molar-refractivity contribution in [1.29, 1.82) is 0 Å². The lowest BCUT2D eigenvalue weighted by atomic mass is 10.1. The first-order valence-electron chi connectivity index (χ1n) is 8.96. The normalized spacial score (nSPS) is 13.4. The largest absolute Gasteiger partial charge is 0.366 e. The van der Waals surface area contributed by atoms with Gasteiger partial charge in [-0.1, -0.05) is 24.3 Å². The van der Waals surface area contributed by atoms with Crippen molar-refractivity contribution in [3.63, 3.8) is 0 Å². The molecule has 0 aromatic heterocycles. The van der Waals surface area contributed by atoms with Crippen LogP contribution in [0.2, 0.25) is 0 Å². The minimum absolute atomic E-state index is 0.0838. The minimum Gasteiger partial charge on any atom is -0.366 e. The van der Waals surface area contributed by atoms with E-state index in [9.17, 15) is 14.4 Å². The third-order valence-corrected chi connectivity index (χ3v) is 4.61. The van der Waals surface area contributed by atoms with E-state index in [2.05, 4.69) is 10.2 Å². The summed E-state index contributed by atoms with van der Waals surface area (Å²) in [6, 6.07) is 14.5. The van der Waals surface area contributed by atoms with Crippen LogP contribution < -0.4 is 11.1 Å². The second-order valence-corrected chi connectivity index (χ2v) is 6.85. The van der Waals surface area contributed by atoms with E-state index in [-0.39, 0.29) is 18.2 Å². The molecule has 1 fully saturated rings. The van der Waals surface area contributed by atoms with Crippen molar-refractivity contribution in [2.24, 2.45) is 5.73 Å². The van der Waals surface area contributed by atoms with Gasteiger partial charge in [-0.05, 0) is 49.6 Å². The van der Waals surface area contributed by atoms with E-state index in [0.717, 1.165) is 18.4 Å². The zero-order valence-electron chi connectivity index (χ0n) is 15.3. The number of rotatable bonds is 8. The minimum atomic E-state index is -0.455. The number of hydrogen-bond acceptors (Lipinski definition) is 4. The fourth-order valence-corrected chi connectivity index (χ4v) is 3.04. The van der Waals surface area contributed by atoms with Gasteiger partial charge in [0.2, 0.25) is 11.8 Å². The van der Waals surface area contributed by atoms with Gasteiger partial charge in [-0.3, -0.25) is 19.3 Å². The molecule has 2 aromatic rings. The number of carbonyl (C=O) groups excluding carboxylic acids is 3. The smallest absolute Gasteiger partial charge is 0.248 e. The molecular weight excluding hydrogens is 342 g/mol. The number of hydrogen-bond donors (Lipinski definition) is 2. The SMILES string of the molecule is CC(=O)c1ccccc1NC(=O)CN(Cc1ccc(C(N)=O)cc1)C1CC1. The number of amides is 2. The number of Topliss-reactive ketones (excluding diaryl/α,β-unsaturated/α-hetero) is 1. The second kappa shape index (κ2) is 8.14. The van der Waals surface area contributed by atoms with Gasteiger partial charge in [0.05, 0.1) is 12.2 Å². The fourth-order valence-electron chi connectivity index (χ4n) is 3.04. The van der Waals surface area contributed by atoms with Gasteiger partial charge in [0.1, 0.15) is 0 Å². The van der Waals surface area contributed by atoms with E-state index in [1.54, 1.807) is 36.4 Å². The summed E-state index contributed by atoms with van der Waals surface area (Å²) in [4.78, 5) is 37.5. The highest BCUT2D eigenvalue weighted by atomic mass is 16.2. The van der Waals surface area contributed by atoms with E-state index in [4.69, 9.17) is 5.73 Å². The quantitative estimate of drug-likeness (QED) is 0.703. The molecule has 1 aliphatic rings. The number of anilines is 1. The molecule has 140 valence electrons. The number of primary amides is 1. The Kier molecular flexibility index (Phi) is 5.66. The topological polar surface area (TPSA) is 92.5 Å². The molecule has 3 rings (SSSR count). The highest BCUT2D eigenvalue weighted by Crippen LogP contribution is 2.28. The van der Waals surface area contributed by atoms with E-state index in [1.807, 2.05) is 12.1 Å². The van der Waals surface area contributed by atoms with Crippen LogP contribution in [0.1, 0.15) is 46.0 Å². The summed E-state index contributed by atoms with van der Waals surface area (Å²) in [6.45, 7) is 2.34. The maximum Gasteiger partial charge on any atom is 0.248 e. The zero-order chi connectivity index (χ0) is 19.4. The summed E-state index contributed by atoms with van der Waals surface area (Å²) in [6.07, 6.45) is 2.13. The molecule has 6 nitrogen and oxygen atoms in total. The molecule has 0 atom stereocenters. The molecule has 0 bridgehead atoms. The van der Waals surface area contributed by atoms with Crippen molar-refractivity contribution >= 4 is 23.3 Å². The van der Waals surface area contributed by atoms with Crippen LogP contribution in [-0.4, -0.2) is 35.1 Å². The molecule has 1 saturated carbocycles. The van der Waals surface area contributed by atoms with Crippen LogP contribution in [0.15, 0.2) is 48.5 Å². The molecule has 2 aromatic carbocycles. The van der Waals surface area contributed by atoms with Gasteiger partial charge in [0, 0.05) is 23.7 Å². The van der Waals surface area contributed by atoms with E-state index >= 15 is 0 Å². The highest BCUT2D eigenvalue weighted by Gasteiger charge is 2.30. The van der Waals surface area contributed by atoms with Gasteiger partial charge in [0.15, 0.2) is 5.78 Å². The molecule has 6 heteroatoms. The molecule has 0 aliphatic heterocycles. The summed E-state index contributed by atoms with van der Waals surface area (Å²) in [7, 11) is 0. The summed E-state index contributed by atoms with van der Waals surface area (Å²) in [5, 5.41) is 2.85. The van der Waals surface area contributed by atoms with Crippen molar-refractivity contribution in [3.05, 3.63) is 65.2 Å². The highest BCUT2D eigenvalue weighted by molar-refractivity contribution is 6.04. The molecular formula is C21H23N3O3. The van der Waals surface area contributed by atoms with Crippen LogP contribution in [0.3, 0.4) is 0 Å². The van der Waals surface area contributed by atoms with Crippen LogP contribution in [0.25, 0.3) is 0 Å². The number of nitrogens with two attached hydrogens (primary N) is 1. The monoisotopic (exact) mass is 365 g/mol. The van der Waals surface area contributed by atoms with E-state index < -0.39 is 5.91 Å². The van der Waals surface area contributed by atoms with Gasteiger partial charge in [-0.15, -0.1) is 0 Å². The first kappa shape index (κ1) is 18.8. The van der Waals surface area contributed by atoms with E-state index in [1.165, 1.54) is 6.92 Å². The van der Waals surface area contributed by atoms with Gasteiger partial charge < -0.3 is 11.1 Å². The van der Waals surface area contributed by atoms with Crippen molar-refractivity contribution in [2.75, 3.05) is 11.9 Å². The molecule has 3 N–H and O–H groups in total. The van der Waals surface area contributed by atoms with Gasteiger partial charge in [0.25, 0.3) is 0 Å². The lowest BCUT2D eigenvalue weighted by Gasteiger charge is -2.22.